The van der Waals surface area contributed by atoms with Crippen molar-refractivity contribution in [1.82, 2.24) is 10.6 Å². The number of hydrogen-bond acceptors (Lipinski definition) is 2. The van der Waals surface area contributed by atoms with Crippen LogP contribution in [0.3, 0.4) is 0 Å². The Morgan fingerprint density at radius 2 is 1.74 bits per heavy atom. The number of rotatable bonds is 6. The lowest BCUT2D eigenvalue weighted by molar-refractivity contribution is 0.681. The van der Waals surface area contributed by atoms with Crippen molar-refractivity contribution in [3.8, 4) is 0 Å². The monoisotopic (exact) mass is 329 g/mol. The van der Waals surface area contributed by atoms with Gasteiger partial charge in [0.15, 0.2) is 5.96 Å². The van der Waals surface area contributed by atoms with Gasteiger partial charge in [0.1, 0.15) is 0 Å². The van der Waals surface area contributed by atoms with Gasteiger partial charge in [-0.1, -0.05) is 48.0 Å². The first-order valence-electron chi connectivity index (χ1n) is 7.62. The summed E-state index contributed by atoms with van der Waals surface area (Å²) in [6, 6.07) is 17.9. The SMILES string of the molecule is CN=C(NCCS(=O)c1ccccc1)NCc1ccc(C)cc1. The van der Waals surface area contributed by atoms with E-state index in [9.17, 15) is 4.21 Å². The second-order valence-corrected chi connectivity index (χ2v) is 6.77. The van der Waals surface area contributed by atoms with Gasteiger partial charge in [0.05, 0.1) is 10.8 Å². The van der Waals surface area contributed by atoms with Gasteiger partial charge in [-0.25, -0.2) is 0 Å². The molecule has 2 N–H and O–H groups in total. The highest BCUT2D eigenvalue weighted by atomic mass is 32.2. The summed E-state index contributed by atoms with van der Waals surface area (Å²) in [5.41, 5.74) is 2.45. The summed E-state index contributed by atoms with van der Waals surface area (Å²) in [5, 5.41) is 6.46. The van der Waals surface area contributed by atoms with E-state index < -0.39 is 10.8 Å². The Morgan fingerprint density at radius 1 is 1.04 bits per heavy atom. The van der Waals surface area contributed by atoms with Crippen molar-refractivity contribution in [3.05, 3.63) is 65.7 Å². The summed E-state index contributed by atoms with van der Waals surface area (Å²) < 4.78 is 12.1. The van der Waals surface area contributed by atoms with Gasteiger partial charge < -0.3 is 10.6 Å². The molecule has 0 amide bonds. The number of guanidine groups is 1. The molecule has 2 aromatic rings. The topological polar surface area (TPSA) is 53.5 Å². The second-order valence-electron chi connectivity index (χ2n) is 5.20. The van der Waals surface area contributed by atoms with Gasteiger partial charge >= 0.3 is 0 Å². The molecular formula is C18H23N3OS. The highest BCUT2D eigenvalue weighted by Gasteiger charge is 2.04. The Labute approximate surface area is 140 Å². The van der Waals surface area contributed by atoms with Crippen LogP contribution in [0, 0.1) is 6.92 Å². The zero-order valence-corrected chi connectivity index (χ0v) is 14.4. The molecule has 122 valence electrons. The molecule has 0 aliphatic heterocycles. The molecule has 0 aliphatic carbocycles. The highest BCUT2D eigenvalue weighted by molar-refractivity contribution is 7.85. The lowest BCUT2D eigenvalue weighted by Gasteiger charge is -2.12. The zero-order valence-electron chi connectivity index (χ0n) is 13.6. The normalized spacial score (nSPS) is 12.7. The summed E-state index contributed by atoms with van der Waals surface area (Å²) >= 11 is 0. The smallest absolute Gasteiger partial charge is 0.191 e. The summed E-state index contributed by atoms with van der Waals surface area (Å²) in [4.78, 5) is 5.04. The minimum absolute atomic E-state index is 0.551. The van der Waals surface area contributed by atoms with Crippen molar-refractivity contribution in [1.29, 1.82) is 0 Å². The summed E-state index contributed by atoms with van der Waals surface area (Å²) in [5.74, 6) is 1.27. The first-order valence-corrected chi connectivity index (χ1v) is 8.94. The van der Waals surface area contributed by atoms with Crippen molar-refractivity contribution in [2.45, 2.75) is 18.4 Å². The van der Waals surface area contributed by atoms with E-state index >= 15 is 0 Å². The number of aliphatic imine (C=N–C) groups is 1. The van der Waals surface area contributed by atoms with Crippen LogP contribution in [-0.4, -0.2) is 29.5 Å². The molecule has 0 spiro atoms. The van der Waals surface area contributed by atoms with Gasteiger partial charge in [-0.05, 0) is 24.6 Å². The van der Waals surface area contributed by atoms with Crippen molar-refractivity contribution < 1.29 is 4.21 Å². The largest absolute Gasteiger partial charge is 0.355 e. The van der Waals surface area contributed by atoms with Crippen LogP contribution >= 0.6 is 0 Å². The van der Waals surface area contributed by atoms with Crippen LogP contribution in [0.5, 0.6) is 0 Å². The van der Waals surface area contributed by atoms with Gasteiger partial charge in [-0.3, -0.25) is 9.20 Å². The fourth-order valence-electron chi connectivity index (χ4n) is 2.06. The van der Waals surface area contributed by atoms with Crippen LogP contribution in [0.4, 0.5) is 0 Å². The van der Waals surface area contributed by atoms with Crippen molar-refractivity contribution in [3.63, 3.8) is 0 Å². The van der Waals surface area contributed by atoms with Gasteiger partial charge in [0.2, 0.25) is 0 Å². The average molecular weight is 329 g/mol. The molecule has 2 aromatic carbocycles. The first kappa shape index (κ1) is 17.2. The summed E-state index contributed by atoms with van der Waals surface area (Å²) in [6.45, 7) is 3.39. The van der Waals surface area contributed by atoms with E-state index in [4.69, 9.17) is 0 Å². The van der Waals surface area contributed by atoms with Gasteiger partial charge in [-0.15, -0.1) is 0 Å². The van der Waals surface area contributed by atoms with Crippen molar-refractivity contribution in [2.75, 3.05) is 19.3 Å². The van der Waals surface area contributed by atoms with Crippen molar-refractivity contribution >= 4 is 16.8 Å². The van der Waals surface area contributed by atoms with E-state index in [1.807, 2.05) is 30.3 Å². The van der Waals surface area contributed by atoms with Crippen LogP contribution < -0.4 is 10.6 Å². The maximum absolute atomic E-state index is 12.1. The van der Waals surface area contributed by atoms with E-state index in [0.717, 1.165) is 10.9 Å². The fraction of sp³-hybridized carbons (Fsp3) is 0.278. The van der Waals surface area contributed by atoms with Crippen LogP contribution in [-0.2, 0) is 17.3 Å². The highest BCUT2D eigenvalue weighted by Crippen LogP contribution is 2.05. The van der Waals surface area contributed by atoms with Crippen LogP contribution in [0.1, 0.15) is 11.1 Å². The third kappa shape index (κ3) is 5.87. The molecule has 0 aliphatic rings. The Kier molecular flexibility index (Phi) is 6.81. The fourth-order valence-corrected chi connectivity index (χ4v) is 3.05. The molecule has 0 bridgehead atoms. The standard InChI is InChI=1S/C18H23N3OS/c1-15-8-10-16(11-9-15)14-21-18(19-2)20-12-13-23(22)17-6-4-3-5-7-17/h3-11H,12-14H2,1-2H3,(H2,19,20,21). The van der Waals surface area contributed by atoms with E-state index in [-0.39, 0.29) is 0 Å². The van der Waals surface area contributed by atoms with Gasteiger partial charge in [-0.2, -0.15) is 0 Å². The lowest BCUT2D eigenvalue weighted by Crippen LogP contribution is -2.38. The van der Waals surface area contributed by atoms with E-state index in [2.05, 4.69) is 46.8 Å². The van der Waals surface area contributed by atoms with Crippen LogP contribution in [0.2, 0.25) is 0 Å². The summed E-state index contributed by atoms with van der Waals surface area (Å²) in [7, 11) is 0.745. The first-order chi connectivity index (χ1) is 11.2. The molecule has 0 fully saturated rings. The van der Waals surface area contributed by atoms with E-state index in [0.29, 0.717) is 18.8 Å². The Hall–Kier alpha value is -2.14. The predicted octanol–water partition coefficient (Wildman–Crippen LogP) is 2.47. The molecule has 0 radical (unpaired) electrons. The molecule has 2 rings (SSSR count). The third-order valence-corrected chi connectivity index (χ3v) is 4.76. The van der Waals surface area contributed by atoms with E-state index in [1.54, 1.807) is 7.05 Å². The predicted molar refractivity (Wildman–Crippen MR) is 97.1 cm³/mol. The molecule has 0 saturated carbocycles. The van der Waals surface area contributed by atoms with Gasteiger partial charge in [0, 0.05) is 30.8 Å². The molecule has 0 saturated heterocycles. The Balaban J connectivity index is 1.75. The third-order valence-electron chi connectivity index (χ3n) is 3.39. The maximum atomic E-state index is 12.1. The molecule has 4 nitrogen and oxygen atoms in total. The molecular weight excluding hydrogens is 306 g/mol. The minimum Gasteiger partial charge on any atom is -0.355 e. The molecule has 23 heavy (non-hydrogen) atoms. The molecule has 1 unspecified atom stereocenters. The Bertz CT molecular complexity index is 654. The quantitative estimate of drug-likeness (QED) is 0.632. The summed E-state index contributed by atoms with van der Waals surface area (Å²) in [6.07, 6.45) is 0. The number of hydrogen-bond donors (Lipinski definition) is 2. The molecule has 5 heteroatoms. The van der Waals surface area contributed by atoms with Crippen LogP contribution in [0.15, 0.2) is 64.5 Å². The number of nitrogens with one attached hydrogen (secondary N) is 2. The number of benzene rings is 2. The molecule has 1 atom stereocenters. The molecule has 0 heterocycles. The average Bonchev–Trinajstić information content (AvgIpc) is 2.60. The van der Waals surface area contributed by atoms with Gasteiger partial charge in [0.25, 0.3) is 0 Å². The van der Waals surface area contributed by atoms with E-state index in [1.165, 1.54) is 11.1 Å². The Morgan fingerprint density at radius 3 is 2.39 bits per heavy atom. The lowest BCUT2D eigenvalue weighted by atomic mass is 10.1. The van der Waals surface area contributed by atoms with Crippen molar-refractivity contribution in [2.24, 2.45) is 4.99 Å². The number of nitrogens with zero attached hydrogens (tertiary/aromatic N) is 1. The van der Waals surface area contributed by atoms with Crippen LogP contribution in [0.25, 0.3) is 0 Å². The number of aryl methyl sites for hydroxylation is 1. The minimum atomic E-state index is -0.990. The second kappa shape index (κ2) is 9.10. The maximum Gasteiger partial charge on any atom is 0.191 e. The molecule has 0 aromatic heterocycles. The zero-order chi connectivity index (χ0) is 16.5.